The van der Waals surface area contributed by atoms with Gasteiger partial charge in [-0.05, 0) is 30.2 Å². The summed E-state index contributed by atoms with van der Waals surface area (Å²) >= 11 is 0. The fourth-order valence-corrected chi connectivity index (χ4v) is 2.79. The van der Waals surface area contributed by atoms with E-state index in [4.69, 9.17) is 0 Å². The third-order valence-electron chi connectivity index (χ3n) is 4.10. The quantitative estimate of drug-likeness (QED) is 0.429. The van der Waals surface area contributed by atoms with Crippen LogP contribution < -0.4 is 40.4 Å². The van der Waals surface area contributed by atoms with Crippen molar-refractivity contribution in [2.24, 2.45) is 0 Å². The minimum atomic E-state index is -1.41. The second-order valence-electron chi connectivity index (χ2n) is 6.77. The monoisotopic (exact) mass is 412 g/mol. The molecule has 0 fully saturated rings. The van der Waals surface area contributed by atoms with Crippen LogP contribution in [0.5, 0.6) is 0 Å². The van der Waals surface area contributed by atoms with Gasteiger partial charge in [0.2, 0.25) is 0 Å². The molecule has 0 radical (unpaired) electrons. The average molecular weight is 412 g/mol. The Morgan fingerprint density at radius 1 is 1.28 bits per heavy atom. The molecular weight excluding hydrogens is 390 g/mol. The molecule has 1 heterocycles. The van der Waals surface area contributed by atoms with Gasteiger partial charge in [0, 0.05) is 35.6 Å². The molecular formula is C20H22FN2NaO5. The molecule has 0 aliphatic carbocycles. The van der Waals surface area contributed by atoms with Gasteiger partial charge >= 0.3 is 35.2 Å². The molecule has 0 amide bonds. The Labute approximate surface area is 189 Å². The Kier molecular flexibility index (Phi) is 9.88. The van der Waals surface area contributed by atoms with E-state index in [-0.39, 0.29) is 41.9 Å². The van der Waals surface area contributed by atoms with Gasteiger partial charge in [-0.1, -0.05) is 26.0 Å². The molecule has 0 unspecified atom stereocenters. The van der Waals surface area contributed by atoms with Crippen LogP contribution in [0.2, 0.25) is 0 Å². The van der Waals surface area contributed by atoms with Gasteiger partial charge in [-0.15, -0.1) is 0 Å². The van der Waals surface area contributed by atoms with E-state index in [2.05, 4.69) is 9.97 Å². The number of aliphatic hydroxyl groups is 2. The molecule has 29 heavy (non-hydrogen) atoms. The van der Waals surface area contributed by atoms with E-state index in [9.17, 15) is 29.3 Å². The zero-order chi connectivity index (χ0) is 20.8. The molecule has 0 bridgehead atoms. The number of nitrogens with zero attached hydrogens (tertiary/aromatic N) is 1. The molecule has 1 aromatic heterocycles. The Hall–Kier alpha value is -1.84. The predicted octanol–water partition coefficient (Wildman–Crippen LogP) is -2.03. The molecule has 2 atom stereocenters. The topological polar surface area (TPSA) is 126 Å². The molecule has 0 aliphatic heterocycles. The first-order valence-electron chi connectivity index (χ1n) is 8.81. The van der Waals surface area contributed by atoms with Crippen molar-refractivity contribution in [1.29, 1.82) is 0 Å². The average Bonchev–Trinajstić information content (AvgIpc) is 2.59. The Bertz CT molecular complexity index is 912. The van der Waals surface area contributed by atoms with Crippen LogP contribution in [0, 0.1) is 5.82 Å². The van der Waals surface area contributed by atoms with E-state index in [1.54, 1.807) is 6.08 Å². The molecule has 9 heteroatoms. The minimum absolute atomic E-state index is 0. The Morgan fingerprint density at radius 2 is 1.90 bits per heavy atom. The summed E-state index contributed by atoms with van der Waals surface area (Å²) in [5, 5.41) is 30.2. The SMILES string of the molecule is CC(C)c1[nH]c(=O)nc(-c2ccc(F)cc2)c1/C=C/[C@@H](O)C[C@@H](O)CC(=O)[O-].[Na+]. The van der Waals surface area contributed by atoms with E-state index in [1.165, 1.54) is 30.3 Å². The Balaban J connectivity index is 0.00000420. The number of rotatable bonds is 8. The summed E-state index contributed by atoms with van der Waals surface area (Å²) in [5.74, 6) is -1.91. The van der Waals surface area contributed by atoms with Crippen molar-refractivity contribution in [3.8, 4) is 11.3 Å². The van der Waals surface area contributed by atoms with Gasteiger partial charge in [-0.3, -0.25) is 0 Å². The van der Waals surface area contributed by atoms with Gasteiger partial charge < -0.3 is 25.1 Å². The standard InChI is InChI=1S/C20H23FN2O5.Na/c1-11(2)18-16(8-7-14(24)9-15(25)10-17(26)27)19(23-20(28)22-18)12-3-5-13(21)6-4-12;/h3-8,11,14-15,24-25H,9-10H2,1-2H3,(H,26,27)(H,22,23,28);/q;+1/p-1/b8-7+;/t14-,15-;/m1./s1. The first-order chi connectivity index (χ1) is 13.2. The van der Waals surface area contributed by atoms with Crippen molar-refractivity contribution in [2.45, 2.75) is 44.8 Å². The molecule has 0 saturated carbocycles. The number of hydrogen-bond acceptors (Lipinski definition) is 6. The number of carbonyl (C=O) groups is 1. The first kappa shape index (κ1) is 25.2. The number of carbonyl (C=O) groups excluding carboxylic acids is 1. The van der Waals surface area contributed by atoms with Crippen molar-refractivity contribution < 1.29 is 54.1 Å². The second kappa shape index (κ2) is 11.4. The summed E-state index contributed by atoms with van der Waals surface area (Å²) in [6.07, 6.45) is -0.213. The molecule has 1 aromatic carbocycles. The van der Waals surface area contributed by atoms with E-state index < -0.39 is 36.1 Å². The van der Waals surface area contributed by atoms with Crippen molar-refractivity contribution in [2.75, 3.05) is 0 Å². The number of carboxylic acid groups (broad SMARTS) is 1. The molecule has 0 aliphatic rings. The van der Waals surface area contributed by atoms with Crippen LogP contribution in [-0.2, 0) is 4.79 Å². The summed E-state index contributed by atoms with van der Waals surface area (Å²) in [5.41, 5.74) is 1.42. The number of aromatic amines is 1. The summed E-state index contributed by atoms with van der Waals surface area (Å²) in [6, 6.07) is 5.51. The Morgan fingerprint density at radius 3 is 2.45 bits per heavy atom. The van der Waals surface area contributed by atoms with Gasteiger partial charge in [-0.25, -0.2) is 9.18 Å². The number of nitrogens with one attached hydrogen (secondary N) is 1. The smallest absolute Gasteiger partial charge is 0.550 e. The van der Waals surface area contributed by atoms with E-state index in [0.29, 0.717) is 22.5 Å². The number of aliphatic carboxylic acids is 1. The molecule has 2 rings (SSSR count). The molecule has 0 saturated heterocycles. The molecule has 3 N–H and O–H groups in total. The fraction of sp³-hybridized carbons (Fsp3) is 0.350. The van der Waals surface area contributed by atoms with Crippen LogP contribution in [0.25, 0.3) is 17.3 Å². The first-order valence-corrected chi connectivity index (χ1v) is 8.81. The maximum atomic E-state index is 13.3. The van der Waals surface area contributed by atoms with Crippen LogP contribution in [0.4, 0.5) is 4.39 Å². The molecule has 2 aromatic rings. The minimum Gasteiger partial charge on any atom is -0.550 e. The van der Waals surface area contributed by atoms with Gasteiger partial charge in [0.05, 0.1) is 17.9 Å². The maximum Gasteiger partial charge on any atom is 1.00 e. The number of hydrogen-bond donors (Lipinski definition) is 3. The number of aliphatic hydroxyl groups excluding tert-OH is 2. The van der Waals surface area contributed by atoms with E-state index in [1.807, 2.05) is 13.8 Å². The molecule has 7 nitrogen and oxygen atoms in total. The number of aromatic nitrogens is 2. The van der Waals surface area contributed by atoms with Crippen LogP contribution >= 0.6 is 0 Å². The zero-order valence-corrected chi connectivity index (χ0v) is 18.6. The number of carboxylic acids is 1. The number of benzene rings is 1. The third kappa shape index (κ3) is 7.49. The van der Waals surface area contributed by atoms with Gasteiger partial charge in [0.1, 0.15) is 5.82 Å². The normalized spacial score (nSPS) is 13.3. The van der Waals surface area contributed by atoms with Crippen molar-refractivity contribution >= 4 is 12.0 Å². The van der Waals surface area contributed by atoms with Crippen LogP contribution in [0.1, 0.15) is 43.9 Å². The van der Waals surface area contributed by atoms with E-state index >= 15 is 0 Å². The summed E-state index contributed by atoms with van der Waals surface area (Å²) < 4.78 is 13.3. The molecule has 0 spiro atoms. The largest absolute Gasteiger partial charge is 1.00 e. The van der Waals surface area contributed by atoms with E-state index in [0.717, 1.165) is 0 Å². The van der Waals surface area contributed by atoms with Gasteiger partial charge in [0.25, 0.3) is 0 Å². The maximum absolute atomic E-state index is 13.3. The van der Waals surface area contributed by atoms with Gasteiger partial charge in [-0.2, -0.15) is 4.98 Å². The summed E-state index contributed by atoms with van der Waals surface area (Å²) in [6.45, 7) is 3.74. The zero-order valence-electron chi connectivity index (χ0n) is 16.6. The summed E-state index contributed by atoms with van der Waals surface area (Å²) in [4.78, 5) is 29.2. The fourth-order valence-electron chi connectivity index (χ4n) is 2.79. The second-order valence-corrected chi connectivity index (χ2v) is 6.77. The van der Waals surface area contributed by atoms with Crippen molar-refractivity contribution in [1.82, 2.24) is 9.97 Å². The van der Waals surface area contributed by atoms with Crippen molar-refractivity contribution in [3.63, 3.8) is 0 Å². The van der Waals surface area contributed by atoms with Crippen molar-refractivity contribution in [3.05, 3.63) is 57.9 Å². The van der Waals surface area contributed by atoms with Crippen LogP contribution in [0.15, 0.2) is 35.1 Å². The molecule has 150 valence electrons. The van der Waals surface area contributed by atoms with Crippen LogP contribution in [-0.4, -0.2) is 38.4 Å². The number of halogens is 1. The summed E-state index contributed by atoms with van der Waals surface area (Å²) in [7, 11) is 0. The predicted molar refractivity (Wildman–Crippen MR) is 99.6 cm³/mol. The number of H-pyrrole nitrogens is 1. The van der Waals surface area contributed by atoms with Gasteiger partial charge in [0.15, 0.2) is 0 Å². The van der Waals surface area contributed by atoms with Crippen LogP contribution in [0.3, 0.4) is 0 Å². The third-order valence-corrected chi connectivity index (χ3v) is 4.10.